The number of carbonyl (C=O) groups excluding carboxylic acids is 3. The zero-order valence-corrected chi connectivity index (χ0v) is 15.6. The Morgan fingerprint density at radius 2 is 1.85 bits per heavy atom. The van der Waals surface area contributed by atoms with Gasteiger partial charge in [0.1, 0.15) is 6.04 Å². The molecule has 0 spiro atoms. The number of hydrogen-bond donors (Lipinski definition) is 1. The van der Waals surface area contributed by atoms with Crippen LogP contribution in [0.5, 0.6) is 0 Å². The van der Waals surface area contributed by atoms with Gasteiger partial charge in [0.15, 0.2) is 0 Å². The molecule has 2 heterocycles. The first-order valence-electron chi connectivity index (χ1n) is 9.36. The average Bonchev–Trinajstić information content (AvgIpc) is 2.89. The van der Waals surface area contributed by atoms with Crippen LogP contribution in [0.15, 0.2) is 18.2 Å². The van der Waals surface area contributed by atoms with Gasteiger partial charge in [0, 0.05) is 32.6 Å². The van der Waals surface area contributed by atoms with Gasteiger partial charge in [0.2, 0.25) is 17.7 Å². The Morgan fingerprint density at radius 3 is 2.54 bits per heavy atom. The van der Waals surface area contributed by atoms with E-state index in [1.165, 1.54) is 5.56 Å². The van der Waals surface area contributed by atoms with Gasteiger partial charge < -0.3 is 15.1 Å². The van der Waals surface area contributed by atoms with Gasteiger partial charge in [0.25, 0.3) is 0 Å². The second-order valence-corrected chi connectivity index (χ2v) is 7.33. The average molecular weight is 357 g/mol. The van der Waals surface area contributed by atoms with Gasteiger partial charge in [-0.25, -0.2) is 0 Å². The van der Waals surface area contributed by atoms with Crippen molar-refractivity contribution in [3.8, 4) is 0 Å². The molecule has 0 aromatic heterocycles. The van der Waals surface area contributed by atoms with Gasteiger partial charge in [-0.3, -0.25) is 14.4 Å². The molecule has 1 unspecified atom stereocenters. The number of carbonyl (C=O) groups is 3. The Morgan fingerprint density at radius 1 is 1.12 bits per heavy atom. The summed E-state index contributed by atoms with van der Waals surface area (Å²) in [7, 11) is 0. The number of benzene rings is 1. The van der Waals surface area contributed by atoms with Crippen molar-refractivity contribution in [2.24, 2.45) is 0 Å². The molecule has 6 nitrogen and oxygen atoms in total. The van der Waals surface area contributed by atoms with Crippen LogP contribution in [-0.4, -0.2) is 59.7 Å². The van der Waals surface area contributed by atoms with E-state index < -0.39 is 0 Å². The molecule has 3 amide bonds. The molecule has 2 saturated heterocycles. The topological polar surface area (TPSA) is 69.7 Å². The van der Waals surface area contributed by atoms with Gasteiger partial charge in [-0.1, -0.05) is 23.8 Å². The third kappa shape index (κ3) is 4.23. The Labute approximate surface area is 154 Å². The maximum absolute atomic E-state index is 12.7. The molecule has 2 aliphatic heterocycles. The van der Waals surface area contributed by atoms with E-state index in [1.54, 1.807) is 4.90 Å². The van der Waals surface area contributed by atoms with Crippen LogP contribution in [0, 0.1) is 13.8 Å². The van der Waals surface area contributed by atoms with Crippen molar-refractivity contribution in [1.82, 2.24) is 15.1 Å². The van der Waals surface area contributed by atoms with E-state index in [0.717, 1.165) is 17.5 Å². The lowest BCUT2D eigenvalue weighted by atomic mass is 10.0. The molecule has 1 aromatic carbocycles. The van der Waals surface area contributed by atoms with Crippen molar-refractivity contribution < 1.29 is 14.4 Å². The molecule has 2 aliphatic rings. The molecular formula is C20H27N3O3. The lowest BCUT2D eigenvalue weighted by Crippen LogP contribution is -2.46. The minimum absolute atomic E-state index is 0.0143. The minimum Gasteiger partial charge on any atom is -0.344 e. The summed E-state index contributed by atoms with van der Waals surface area (Å²) in [6.45, 7) is 6.48. The first kappa shape index (κ1) is 18.4. The van der Waals surface area contributed by atoms with Crippen LogP contribution in [0.4, 0.5) is 0 Å². The van der Waals surface area contributed by atoms with Crippen LogP contribution in [0.1, 0.15) is 36.0 Å². The van der Waals surface area contributed by atoms with Crippen LogP contribution in [0.3, 0.4) is 0 Å². The van der Waals surface area contributed by atoms with E-state index >= 15 is 0 Å². The highest BCUT2D eigenvalue weighted by molar-refractivity contribution is 5.90. The number of rotatable bonds is 3. The Bertz CT molecular complexity index is 716. The summed E-state index contributed by atoms with van der Waals surface area (Å²) in [4.78, 5) is 40.2. The fraction of sp³-hybridized carbons (Fsp3) is 0.550. The van der Waals surface area contributed by atoms with E-state index in [0.29, 0.717) is 45.4 Å². The highest BCUT2D eigenvalue weighted by atomic mass is 16.2. The Hall–Kier alpha value is -2.37. The van der Waals surface area contributed by atoms with Gasteiger partial charge in [-0.2, -0.15) is 0 Å². The summed E-state index contributed by atoms with van der Waals surface area (Å²) < 4.78 is 0. The number of nitrogens with zero attached hydrogens (tertiary/aromatic N) is 2. The lowest BCUT2D eigenvalue weighted by Gasteiger charge is -2.24. The van der Waals surface area contributed by atoms with E-state index in [1.807, 2.05) is 30.9 Å². The van der Waals surface area contributed by atoms with Gasteiger partial charge in [-0.15, -0.1) is 0 Å². The van der Waals surface area contributed by atoms with Gasteiger partial charge in [0.05, 0.1) is 6.42 Å². The van der Waals surface area contributed by atoms with Crippen LogP contribution in [0.25, 0.3) is 0 Å². The molecule has 0 aliphatic carbocycles. The zero-order valence-electron chi connectivity index (χ0n) is 15.6. The summed E-state index contributed by atoms with van der Waals surface area (Å²) in [5.41, 5.74) is 3.40. The van der Waals surface area contributed by atoms with Crippen LogP contribution < -0.4 is 5.32 Å². The van der Waals surface area contributed by atoms with Crippen molar-refractivity contribution in [2.45, 2.75) is 45.6 Å². The summed E-state index contributed by atoms with van der Waals surface area (Å²) in [6.07, 6.45) is 2.16. The van der Waals surface area contributed by atoms with Gasteiger partial charge in [-0.05, 0) is 37.8 Å². The van der Waals surface area contributed by atoms with Crippen molar-refractivity contribution in [3.63, 3.8) is 0 Å². The second-order valence-electron chi connectivity index (χ2n) is 7.33. The SMILES string of the molecule is Cc1ccc(CC(=O)N2CCCN(C(=O)C3CCC(=O)N3)CC2)c(C)c1. The van der Waals surface area contributed by atoms with Crippen molar-refractivity contribution in [1.29, 1.82) is 0 Å². The number of nitrogens with one attached hydrogen (secondary N) is 1. The normalized spacial score (nSPS) is 20.7. The molecule has 140 valence electrons. The third-order valence-electron chi connectivity index (χ3n) is 5.29. The van der Waals surface area contributed by atoms with Crippen molar-refractivity contribution in [3.05, 3.63) is 34.9 Å². The largest absolute Gasteiger partial charge is 0.344 e. The Kier molecular flexibility index (Phi) is 5.59. The molecule has 26 heavy (non-hydrogen) atoms. The maximum Gasteiger partial charge on any atom is 0.245 e. The molecule has 2 fully saturated rings. The van der Waals surface area contributed by atoms with Gasteiger partial charge >= 0.3 is 0 Å². The van der Waals surface area contributed by atoms with E-state index in [9.17, 15) is 14.4 Å². The fourth-order valence-electron chi connectivity index (χ4n) is 3.73. The standard InChI is InChI=1S/C20H27N3O3/c1-14-4-5-16(15(2)12-14)13-19(25)22-8-3-9-23(11-10-22)20(26)17-6-7-18(24)21-17/h4-5,12,17H,3,6-11,13H2,1-2H3,(H,21,24). The zero-order chi connectivity index (χ0) is 18.7. The third-order valence-corrected chi connectivity index (χ3v) is 5.29. The Balaban J connectivity index is 1.56. The quantitative estimate of drug-likeness (QED) is 0.883. The number of hydrogen-bond acceptors (Lipinski definition) is 3. The first-order valence-corrected chi connectivity index (χ1v) is 9.36. The van der Waals surface area contributed by atoms with Crippen LogP contribution in [-0.2, 0) is 20.8 Å². The van der Waals surface area contributed by atoms with E-state index in [4.69, 9.17) is 0 Å². The monoisotopic (exact) mass is 357 g/mol. The summed E-state index contributed by atoms with van der Waals surface area (Å²) in [5.74, 6) is 0.0448. The summed E-state index contributed by atoms with van der Waals surface area (Å²) >= 11 is 0. The number of aryl methyl sites for hydroxylation is 2. The van der Waals surface area contributed by atoms with Crippen LogP contribution in [0.2, 0.25) is 0 Å². The molecule has 6 heteroatoms. The first-order chi connectivity index (χ1) is 12.4. The molecule has 3 rings (SSSR count). The van der Waals surface area contributed by atoms with E-state index in [-0.39, 0.29) is 23.8 Å². The lowest BCUT2D eigenvalue weighted by molar-refractivity contribution is -0.135. The molecule has 1 atom stereocenters. The summed E-state index contributed by atoms with van der Waals surface area (Å²) in [6, 6.07) is 5.77. The molecular weight excluding hydrogens is 330 g/mol. The van der Waals surface area contributed by atoms with Crippen LogP contribution >= 0.6 is 0 Å². The minimum atomic E-state index is -0.389. The predicted octanol–water partition coefficient (Wildman–Crippen LogP) is 1.19. The fourth-order valence-corrected chi connectivity index (χ4v) is 3.73. The highest BCUT2D eigenvalue weighted by Gasteiger charge is 2.32. The summed E-state index contributed by atoms with van der Waals surface area (Å²) in [5, 5.41) is 2.74. The van der Waals surface area contributed by atoms with Crippen molar-refractivity contribution >= 4 is 17.7 Å². The molecule has 0 bridgehead atoms. The maximum atomic E-state index is 12.7. The van der Waals surface area contributed by atoms with E-state index in [2.05, 4.69) is 11.4 Å². The number of amides is 3. The molecule has 0 saturated carbocycles. The predicted molar refractivity (Wildman–Crippen MR) is 98.6 cm³/mol. The second kappa shape index (κ2) is 7.89. The molecule has 1 N–H and O–H groups in total. The molecule has 0 radical (unpaired) electrons. The molecule has 1 aromatic rings. The van der Waals surface area contributed by atoms with Crippen molar-refractivity contribution in [2.75, 3.05) is 26.2 Å². The smallest absolute Gasteiger partial charge is 0.245 e. The highest BCUT2D eigenvalue weighted by Crippen LogP contribution is 2.15.